The van der Waals surface area contributed by atoms with Crippen molar-refractivity contribution in [2.75, 3.05) is 33.3 Å². The molecule has 0 radical (unpaired) electrons. The molecule has 0 N–H and O–H groups in total. The molecule has 3 aliphatic rings. The number of piperidine rings is 1. The van der Waals surface area contributed by atoms with E-state index in [0.29, 0.717) is 25.4 Å². The molecule has 0 unspecified atom stereocenters. The van der Waals surface area contributed by atoms with Gasteiger partial charge in [-0.05, 0) is 55.7 Å². The van der Waals surface area contributed by atoms with Gasteiger partial charge in [0, 0.05) is 26.2 Å². The van der Waals surface area contributed by atoms with Crippen LogP contribution in [0.2, 0.25) is 0 Å². The van der Waals surface area contributed by atoms with E-state index in [1.807, 2.05) is 29.2 Å². The summed E-state index contributed by atoms with van der Waals surface area (Å²) in [6.07, 6.45) is 5.74. The first-order chi connectivity index (χ1) is 12.6. The van der Waals surface area contributed by atoms with Gasteiger partial charge in [0.2, 0.25) is 11.8 Å². The summed E-state index contributed by atoms with van der Waals surface area (Å²) in [4.78, 5) is 29.8. The molecule has 0 bridgehead atoms. The van der Waals surface area contributed by atoms with Crippen LogP contribution in [0.4, 0.5) is 0 Å². The molecule has 2 heterocycles. The number of rotatable bonds is 5. The molecule has 1 spiro atoms. The number of carbonyl (C=O) groups excluding carboxylic acids is 2. The van der Waals surface area contributed by atoms with Crippen molar-refractivity contribution in [2.24, 2.45) is 11.3 Å². The van der Waals surface area contributed by atoms with E-state index < -0.39 is 0 Å². The van der Waals surface area contributed by atoms with Crippen LogP contribution in [-0.4, -0.2) is 54.9 Å². The van der Waals surface area contributed by atoms with Crippen LogP contribution in [0.5, 0.6) is 5.75 Å². The first-order valence-corrected chi connectivity index (χ1v) is 9.80. The minimum Gasteiger partial charge on any atom is -0.497 e. The van der Waals surface area contributed by atoms with Crippen LogP contribution in [0.3, 0.4) is 0 Å². The van der Waals surface area contributed by atoms with Crippen LogP contribution in [0.1, 0.15) is 37.7 Å². The Morgan fingerprint density at radius 1 is 1.19 bits per heavy atom. The highest BCUT2D eigenvalue weighted by atomic mass is 16.5. The van der Waals surface area contributed by atoms with E-state index in [9.17, 15) is 9.59 Å². The molecule has 1 atom stereocenters. The predicted molar refractivity (Wildman–Crippen MR) is 98.9 cm³/mol. The van der Waals surface area contributed by atoms with Crippen molar-refractivity contribution in [3.63, 3.8) is 0 Å². The monoisotopic (exact) mass is 356 g/mol. The fourth-order valence-corrected chi connectivity index (χ4v) is 4.43. The van der Waals surface area contributed by atoms with Crippen LogP contribution in [-0.2, 0) is 16.0 Å². The third kappa shape index (κ3) is 3.44. The minimum absolute atomic E-state index is 0.124. The number of benzene rings is 1. The predicted octanol–water partition coefficient (Wildman–Crippen LogP) is 2.49. The summed E-state index contributed by atoms with van der Waals surface area (Å²) in [5.74, 6) is 1.95. The zero-order valence-electron chi connectivity index (χ0n) is 15.6. The molecule has 3 fully saturated rings. The average molecular weight is 356 g/mol. The lowest BCUT2D eigenvalue weighted by Crippen LogP contribution is -2.51. The van der Waals surface area contributed by atoms with Gasteiger partial charge in [-0.3, -0.25) is 9.59 Å². The summed E-state index contributed by atoms with van der Waals surface area (Å²) in [6, 6.07) is 7.64. The van der Waals surface area contributed by atoms with Crippen molar-refractivity contribution >= 4 is 11.8 Å². The molecular formula is C21H28N2O3. The molecule has 5 heteroatoms. The summed E-state index contributed by atoms with van der Waals surface area (Å²) in [5, 5.41) is 0. The molecular weight excluding hydrogens is 328 g/mol. The number of hydrogen-bond acceptors (Lipinski definition) is 3. The maximum Gasteiger partial charge on any atom is 0.230 e. The summed E-state index contributed by atoms with van der Waals surface area (Å²) < 4.78 is 5.17. The lowest BCUT2D eigenvalue weighted by molar-refractivity contribution is -0.146. The first kappa shape index (κ1) is 17.4. The highest BCUT2D eigenvalue weighted by molar-refractivity contribution is 5.86. The Bertz CT molecular complexity index is 683. The third-order valence-electron chi connectivity index (χ3n) is 6.22. The van der Waals surface area contributed by atoms with E-state index in [-0.39, 0.29) is 11.3 Å². The van der Waals surface area contributed by atoms with Crippen LogP contribution < -0.4 is 4.74 Å². The Morgan fingerprint density at radius 2 is 1.96 bits per heavy atom. The number of nitrogens with zero attached hydrogens (tertiary/aromatic N) is 2. The number of carbonyl (C=O) groups is 2. The van der Waals surface area contributed by atoms with E-state index in [1.54, 1.807) is 7.11 Å². The SMILES string of the molecule is COc1ccc(CC(=O)N2CC[C@]3(CCCN(CC4CC4)C3=O)C2)cc1. The van der Waals surface area contributed by atoms with Gasteiger partial charge in [0.1, 0.15) is 5.75 Å². The molecule has 1 aliphatic carbocycles. The molecule has 26 heavy (non-hydrogen) atoms. The third-order valence-corrected chi connectivity index (χ3v) is 6.22. The van der Waals surface area contributed by atoms with E-state index in [0.717, 1.165) is 49.6 Å². The second-order valence-corrected chi connectivity index (χ2v) is 8.17. The molecule has 140 valence electrons. The Labute approximate surface area is 155 Å². The van der Waals surface area contributed by atoms with Crippen molar-refractivity contribution in [1.29, 1.82) is 0 Å². The summed E-state index contributed by atoms with van der Waals surface area (Å²) >= 11 is 0. The number of hydrogen-bond donors (Lipinski definition) is 0. The van der Waals surface area contributed by atoms with Crippen molar-refractivity contribution in [2.45, 2.75) is 38.5 Å². The topological polar surface area (TPSA) is 49.9 Å². The average Bonchev–Trinajstić information content (AvgIpc) is 3.37. The lowest BCUT2D eigenvalue weighted by atomic mass is 9.78. The van der Waals surface area contributed by atoms with Crippen molar-refractivity contribution < 1.29 is 14.3 Å². The molecule has 1 aromatic carbocycles. The number of methoxy groups -OCH3 is 1. The molecule has 4 rings (SSSR count). The quantitative estimate of drug-likeness (QED) is 0.814. The summed E-state index contributed by atoms with van der Waals surface area (Å²) in [6.45, 7) is 3.14. The van der Waals surface area contributed by atoms with Gasteiger partial charge in [-0.1, -0.05) is 12.1 Å². The molecule has 2 saturated heterocycles. The molecule has 2 amide bonds. The second-order valence-electron chi connectivity index (χ2n) is 8.17. The molecule has 5 nitrogen and oxygen atoms in total. The van der Waals surface area contributed by atoms with Gasteiger partial charge >= 0.3 is 0 Å². The van der Waals surface area contributed by atoms with Gasteiger partial charge in [-0.15, -0.1) is 0 Å². The lowest BCUT2D eigenvalue weighted by Gasteiger charge is -2.39. The first-order valence-electron chi connectivity index (χ1n) is 9.80. The van der Waals surface area contributed by atoms with E-state index in [4.69, 9.17) is 4.74 Å². The number of amides is 2. The highest BCUT2D eigenvalue weighted by Gasteiger charge is 2.49. The van der Waals surface area contributed by atoms with Gasteiger partial charge in [0.05, 0.1) is 18.9 Å². The summed E-state index contributed by atoms with van der Waals surface area (Å²) in [5.41, 5.74) is 0.671. The molecule has 1 saturated carbocycles. The van der Waals surface area contributed by atoms with Crippen LogP contribution in [0.15, 0.2) is 24.3 Å². The van der Waals surface area contributed by atoms with Gasteiger partial charge in [0.15, 0.2) is 0 Å². The van der Waals surface area contributed by atoms with Crippen LogP contribution >= 0.6 is 0 Å². The van der Waals surface area contributed by atoms with Crippen molar-refractivity contribution in [3.05, 3.63) is 29.8 Å². The number of likely N-dealkylation sites (tertiary alicyclic amines) is 2. The summed E-state index contributed by atoms with van der Waals surface area (Å²) in [7, 11) is 1.64. The molecule has 1 aromatic rings. The largest absolute Gasteiger partial charge is 0.497 e. The Kier molecular flexibility index (Phi) is 4.63. The zero-order valence-corrected chi connectivity index (χ0v) is 15.6. The fraction of sp³-hybridized carbons (Fsp3) is 0.619. The Morgan fingerprint density at radius 3 is 2.65 bits per heavy atom. The van der Waals surface area contributed by atoms with Crippen molar-refractivity contribution in [1.82, 2.24) is 9.80 Å². The van der Waals surface area contributed by atoms with Gasteiger partial charge < -0.3 is 14.5 Å². The Balaban J connectivity index is 1.38. The minimum atomic E-state index is -0.317. The zero-order chi connectivity index (χ0) is 18.1. The van der Waals surface area contributed by atoms with E-state index in [2.05, 4.69) is 4.90 Å². The molecule has 2 aliphatic heterocycles. The smallest absolute Gasteiger partial charge is 0.230 e. The van der Waals surface area contributed by atoms with E-state index >= 15 is 0 Å². The van der Waals surface area contributed by atoms with Gasteiger partial charge in [-0.25, -0.2) is 0 Å². The maximum absolute atomic E-state index is 13.1. The van der Waals surface area contributed by atoms with Crippen molar-refractivity contribution in [3.8, 4) is 5.75 Å². The number of ether oxygens (including phenoxy) is 1. The van der Waals surface area contributed by atoms with Gasteiger partial charge in [-0.2, -0.15) is 0 Å². The van der Waals surface area contributed by atoms with Crippen LogP contribution in [0, 0.1) is 11.3 Å². The molecule has 0 aromatic heterocycles. The second kappa shape index (κ2) is 6.93. The fourth-order valence-electron chi connectivity index (χ4n) is 4.43. The van der Waals surface area contributed by atoms with E-state index in [1.165, 1.54) is 12.8 Å². The Hall–Kier alpha value is -2.04. The highest BCUT2D eigenvalue weighted by Crippen LogP contribution is 2.41. The standard InChI is InChI=1S/C21H28N2O3/c1-26-18-7-5-16(6-8-18)13-19(24)23-12-10-21(15-23)9-2-11-22(20(21)25)14-17-3-4-17/h5-8,17H,2-4,9-15H2,1H3/t21-/m1/s1. The maximum atomic E-state index is 13.1. The van der Waals surface area contributed by atoms with Crippen LogP contribution in [0.25, 0.3) is 0 Å². The normalized spacial score (nSPS) is 25.8. The van der Waals surface area contributed by atoms with Gasteiger partial charge in [0.25, 0.3) is 0 Å².